The Morgan fingerprint density at radius 2 is 2.07 bits per heavy atom. The first kappa shape index (κ1) is 20.2. The van der Waals surface area contributed by atoms with Crippen LogP contribution in [-0.2, 0) is 17.8 Å². The van der Waals surface area contributed by atoms with Gasteiger partial charge in [0.05, 0.1) is 5.69 Å². The predicted octanol–water partition coefficient (Wildman–Crippen LogP) is 2.20. The standard InChI is InChI=1S/C20H21F3N4O3/c1-26-14-4-2-3-5-15(14)30-10-13(20(26)29)25-19(28)18-24-8-12-7-6-11(9-27(12)18)16(21)17(22)23/h2-5,8,11,13,16-17H,6-7,9-10H2,1H3,(H,25,28)/t11?,13-,16?/m0/s1. The second-order valence-corrected chi connectivity index (χ2v) is 7.46. The molecule has 0 radical (unpaired) electrons. The second kappa shape index (κ2) is 8.00. The van der Waals surface area contributed by atoms with Gasteiger partial charge in [-0.15, -0.1) is 0 Å². The Morgan fingerprint density at radius 3 is 2.83 bits per heavy atom. The average molecular weight is 422 g/mol. The van der Waals surface area contributed by atoms with Gasteiger partial charge in [0, 0.05) is 31.4 Å². The number of hydrogen-bond acceptors (Lipinski definition) is 4. The molecule has 0 bridgehead atoms. The molecule has 7 nitrogen and oxygen atoms in total. The molecule has 0 spiro atoms. The van der Waals surface area contributed by atoms with E-state index in [1.54, 1.807) is 31.3 Å². The largest absolute Gasteiger partial charge is 0.489 e. The van der Waals surface area contributed by atoms with Crippen molar-refractivity contribution in [3.05, 3.63) is 42.0 Å². The van der Waals surface area contributed by atoms with Gasteiger partial charge < -0.3 is 19.5 Å². The van der Waals surface area contributed by atoms with Gasteiger partial charge in [0.2, 0.25) is 0 Å². The van der Waals surface area contributed by atoms with E-state index in [4.69, 9.17) is 4.74 Å². The quantitative estimate of drug-likeness (QED) is 0.820. The Bertz CT molecular complexity index is 965. The number of carbonyl (C=O) groups is 2. The van der Waals surface area contributed by atoms with E-state index in [0.717, 1.165) is 0 Å². The van der Waals surface area contributed by atoms with E-state index in [9.17, 15) is 22.8 Å². The molecule has 1 aromatic heterocycles. The molecular weight excluding hydrogens is 401 g/mol. The van der Waals surface area contributed by atoms with Gasteiger partial charge >= 0.3 is 0 Å². The molecule has 1 N–H and O–H groups in total. The van der Waals surface area contributed by atoms with Crippen LogP contribution in [0.25, 0.3) is 0 Å². The summed E-state index contributed by atoms with van der Waals surface area (Å²) in [5, 5.41) is 2.61. The molecule has 0 saturated carbocycles. The monoisotopic (exact) mass is 422 g/mol. The third-order valence-corrected chi connectivity index (χ3v) is 5.59. The van der Waals surface area contributed by atoms with Crippen LogP contribution in [-0.4, -0.2) is 53.7 Å². The fourth-order valence-electron chi connectivity index (χ4n) is 3.90. The van der Waals surface area contributed by atoms with Crippen LogP contribution < -0.4 is 15.0 Å². The Morgan fingerprint density at radius 1 is 1.30 bits per heavy atom. The Kier molecular flexibility index (Phi) is 5.40. The minimum absolute atomic E-state index is 0.0339. The number of hydrogen-bond donors (Lipinski definition) is 1. The maximum Gasteiger partial charge on any atom is 0.288 e. The van der Waals surface area contributed by atoms with Gasteiger partial charge in [-0.25, -0.2) is 18.2 Å². The van der Waals surface area contributed by atoms with Gasteiger partial charge in [0.1, 0.15) is 18.4 Å². The van der Waals surface area contributed by atoms with Crippen molar-refractivity contribution in [2.45, 2.75) is 38.0 Å². The molecule has 1 aromatic carbocycles. The van der Waals surface area contributed by atoms with Crippen LogP contribution in [0.2, 0.25) is 0 Å². The summed E-state index contributed by atoms with van der Waals surface area (Å²) in [5.74, 6) is -1.42. The molecule has 4 rings (SSSR count). The van der Waals surface area contributed by atoms with Crippen molar-refractivity contribution in [1.29, 1.82) is 0 Å². The number of aryl methyl sites for hydroxylation is 1. The van der Waals surface area contributed by atoms with Crippen LogP contribution in [0, 0.1) is 5.92 Å². The summed E-state index contributed by atoms with van der Waals surface area (Å²) in [5.41, 5.74) is 1.26. The first-order valence-electron chi connectivity index (χ1n) is 9.63. The topological polar surface area (TPSA) is 76.5 Å². The fourth-order valence-corrected chi connectivity index (χ4v) is 3.90. The highest BCUT2D eigenvalue weighted by Crippen LogP contribution is 2.30. The van der Waals surface area contributed by atoms with E-state index in [1.165, 1.54) is 15.7 Å². The normalized spacial score (nSPS) is 22.0. The van der Waals surface area contributed by atoms with Crippen molar-refractivity contribution in [1.82, 2.24) is 14.9 Å². The number of likely N-dealkylation sites (N-methyl/N-ethyl adjacent to an activating group) is 1. The molecule has 3 atom stereocenters. The third kappa shape index (κ3) is 3.61. The number of para-hydroxylation sites is 2. The van der Waals surface area contributed by atoms with E-state index < -0.39 is 30.5 Å². The summed E-state index contributed by atoms with van der Waals surface area (Å²) in [6.45, 7) is -0.135. The predicted molar refractivity (Wildman–Crippen MR) is 102 cm³/mol. The Hall–Kier alpha value is -3.04. The number of carbonyl (C=O) groups excluding carboxylic acids is 2. The lowest BCUT2D eigenvalue weighted by Crippen LogP contribution is -2.50. The molecule has 2 aromatic rings. The molecule has 2 aliphatic heterocycles. The molecule has 30 heavy (non-hydrogen) atoms. The fraction of sp³-hybridized carbons (Fsp3) is 0.450. The Balaban J connectivity index is 1.51. The minimum Gasteiger partial charge on any atom is -0.489 e. The highest BCUT2D eigenvalue weighted by atomic mass is 19.3. The number of benzene rings is 1. The van der Waals surface area contributed by atoms with Crippen LogP contribution in [0.1, 0.15) is 22.7 Å². The second-order valence-electron chi connectivity index (χ2n) is 7.46. The number of aromatic nitrogens is 2. The highest BCUT2D eigenvalue weighted by molar-refractivity contribution is 6.02. The van der Waals surface area contributed by atoms with Crippen molar-refractivity contribution in [3.63, 3.8) is 0 Å². The molecule has 0 aliphatic carbocycles. The van der Waals surface area contributed by atoms with Gasteiger partial charge in [-0.1, -0.05) is 12.1 Å². The van der Waals surface area contributed by atoms with Crippen molar-refractivity contribution < 1.29 is 27.5 Å². The maximum atomic E-state index is 13.8. The minimum atomic E-state index is -3.07. The summed E-state index contributed by atoms with van der Waals surface area (Å²) in [6, 6.07) is 6.05. The van der Waals surface area contributed by atoms with E-state index in [-0.39, 0.29) is 31.3 Å². The van der Waals surface area contributed by atoms with Gasteiger partial charge in [0.15, 0.2) is 12.0 Å². The zero-order valence-electron chi connectivity index (χ0n) is 16.2. The lowest BCUT2D eigenvalue weighted by atomic mass is 9.93. The summed E-state index contributed by atoms with van der Waals surface area (Å²) < 4.78 is 46.5. The van der Waals surface area contributed by atoms with Crippen LogP contribution in [0.15, 0.2) is 30.5 Å². The number of imidazole rings is 1. The molecule has 160 valence electrons. The van der Waals surface area contributed by atoms with E-state index in [2.05, 4.69) is 10.3 Å². The highest BCUT2D eigenvalue weighted by Gasteiger charge is 2.36. The van der Waals surface area contributed by atoms with E-state index in [1.807, 2.05) is 0 Å². The third-order valence-electron chi connectivity index (χ3n) is 5.59. The zero-order chi connectivity index (χ0) is 21.4. The number of fused-ring (bicyclic) bond motifs is 2. The first-order valence-corrected chi connectivity index (χ1v) is 9.63. The number of nitrogens with one attached hydrogen (secondary N) is 1. The molecule has 0 saturated heterocycles. The van der Waals surface area contributed by atoms with Crippen LogP contribution in [0.3, 0.4) is 0 Å². The van der Waals surface area contributed by atoms with Crippen molar-refractivity contribution in [2.24, 2.45) is 5.92 Å². The summed E-state index contributed by atoms with van der Waals surface area (Å²) in [6.07, 6.45) is -3.25. The summed E-state index contributed by atoms with van der Waals surface area (Å²) in [4.78, 5) is 31.1. The summed E-state index contributed by atoms with van der Waals surface area (Å²) >= 11 is 0. The van der Waals surface area contributed by atoms with Crippen molar-refractivity contribution >= 4 is 17.5 Å². The maximum absolute atomic E-state index is 13.8. The first-order chi connectivity index (χ1) is 14.4. The average Bonchev–Trinajstić information content (AvgIpc) is 3.13. The zero-order valence-corrected chi connectivity index (χ0v) is 16.2. The molecule has 2 unspecified atom stereocenters. The van der Waals surface area contributed by atoms with Crippen molar-refractivity contribution in [3.8, 4) is 5.75 Å². The number of alkyl halides is 3. The van der Waals surface area contributed by atoms with Crippen LogP contribution in [0.5, 0.6) is 5.75 Å². The van der Waals surface area contributed by atoms with Crippen LogP contribution >= 0.6 is 0 Å². The molecule has 10 heteroatoms. The van der Waals surface area contributed by atoms with Crippen LogP contribution in [0.4, 0.5) is 18.9 Å². The van der Waals surface area contributed by atoms with Gasteiger partial charge in [-0.2, -0.15) is 0 Å². The van der Waals surface area contributed by atoms with Gasteiger partial charge in [0.25, 0.3) is 18.2 Å². The number of halogens is 3. The lowest BCUT2D eigenvalue weighted by Gasteiger charge is -2.27. The number of anilines is 1. The smallest absolute Gasteiger partial charge is 0.288 e. The lowest BCUT2D eigenvalue weighted by molar-refractivity contribution is -0.120. The number of amides is 2. The van der Waals surface area contributed by atoms with Crippen molar-refractivity contribution in [2.75, 3.05) is 18.6 Å². The Labute approximate surface area is 170 Å². The molecule has 2 amide bonds. The number of rotatable bonds is 4. The van der Waals surface area contributed by atoms with E-state index in [0.29, 0.717) is 23.6 Å². The number of ether oxygens (including phenoxy) is 1. The molecule has 0 fully saturated rings. The molecule has 3 heterocycles. The number of nitrogens with zero attached hydrogens (tertiary/aromatic N) is 3. The molecular formula is C20H21F3N4O3. The van der Waals surface area contributed by atoms with Gasteiger partial charge in [-0.3, -0.25) is 9.59 Å². The van der Waals surface area contributed by atoms with Gasteiger partial charge in [-0.05, 0) is 25.0 Å². The molecule has 2 aliphatic rings. The summed E-state index contributed by atoms with van der Waals surface area (Å²) in [7, 11) is 1.59. The SMILES string of the molecule is CN1C(=O)[C@@H](NC(=O)c2ncc3n2CC(C(F)C(F)F)CC3)COc2ccccc21. The van der Waals surface area contributed by atoms with E-state index >= 15 is 0 Å².